The molecule has 1 aliphatic heterocycles. The molecule has 0 radical (unpaired) electrons. The quantitative estimate of drug-likeness (QED) is 0.514. The fourth-order valence-electron chi connectivity index (χ4n) is 1.16. The largest absolute Gasteiger partial charge is 0.393 e. The Kier molecular flexibility index (Phi) is 4.50. The zero-order valence-electron chi connectivity index (χ0n) is 7.12. The minimum absolute atomic E-state index is 0.302. The molecule has 2 N–H and O–H groups in total. The zero-order valence-corrected chi connectivity index (χ0v) is 7.94. The van der Waals surface area contributed by atoms with E-state index in [0.717, 1.165) is 19.4 Å². The average Bonchev–Trinajstić information content (AvgIpc) is 2.49. The summed E-state index contributed by atoms with van der Waals surface area (Å²) in [7, 11) is 0. The molecule has 0 aromatic rings. The van der Waals surface area contributed by atoms with Crippen molar-refractivity contribution in [1.82, 2.24) is 0 Å². The predicted molar refractivity (Wildman–Crippen MR) is 51.2 cm³/mol. The second kappa shape index (κ2) is 5.45. The first-order chi connectivity index (χ1) is 5.79. The highest BCUT2D eigenvalue weighted by atomic mass is 32.1. The Morgan fingerprint density at radius 1 is 1.67 bits per heavy atom. The Labute approximate surface area is 78.2 Å². The molecule has 0 amide bonds. The Morgan fingerprint density at radius 2 is 2.50 bits per heavy atom. The van der Waals surface area contributed by atoms with Crippen LogP contribution >= 0.6 is 12.2 Å². The monoisotopic (exact) mass is 189 g/mol. The van der Waals surface area contributed by atoms with Crippen LogP contribution in [0.1, 0.15) is 19.3 Å². The molecular formula is C8H15NO2S. The third-order valence-electron chi connectivity index (χ3n) is 1.82. The molecule has 0 aliphatic carbocycles. The Hall–Kier alpha value is -0.190. The van der Waals surface area contributed by atoms with Crippen molar-refractivity contribution in [1.29, 1.82) is 0 Å². The molecule has 0 aromatic heterocycles. The second-order valence-corrected chi connectivity index (χ2v) is 3.45. The van der Waals surface area contributed by atoms with Crippen LogP contribution in [0.2, 0.25) is 0 Å². The fraction of sp³-hybridized carbons (Fsp3) is 0.875. The summed E-state index contributed by atoms with van der Waals surface area (Å²) in [6, 6.07) is 0. The SMILES string of the molecule is NC(=S)CCOCC1CCCO1. The van der Waals surface area contributed by atoms with Gasteiger partial charge in [0.05, 0.1) is 24.3 Å². The van der Waals surface area contributed by atoms with Gasteiger partial charge in [-0.15, -0.1) is 0 Å². The van der Waals surface area contributed by atoms with Crippen molar-refractivity contribution < 1.29 is 9.47 Å². The average molecular weight is 189 g/mol. The normalized spacial score (nSPS) is 22.8. The molecule has 12 heavy (non-hydrogen) atoms. The highest BCUT2D eigenvalue weighted by molar-refractivity contribution is 7.80. The van der Waals surface area contributed by atoms with E-state index < -0.39 is 0 Å². The van der Waals surface area contributed by atoms with Crippen LogP contribution in [0, 0.1) is 0 Å². The van der Waals surface area contributed by atoms with Crippen LogP contribution in [0.25, 0.3) is 0 Å². The molecular weight excluding hydrogens is 174 g/mol. The first-order valence-electron chi connectivity index (χ1n) is 4.26. The maximum Gasteiger partial charge on any atom is 0.0809 e. The van der Waals surface area contributed by atoms with Gasteiger partial charge in [0.15, 0.2) is 0 Å². The third-order valence-corrected chi connectivity index (χ3v) is 2.02. The summed E-state index contributed by atoms with van der Waals surface area (Å²) in [5.41, 5.74) is 5.31. The van der Waals surface area contributed by atoms with Gasteiger partial charge in [-0.2, -0.15) is 0 Å². The number of hydrogen-bond acceptors (Lipinski definition) is 3. The number of ether oxygens (including phenoxy) is 2. The standard InChI is InChI=1S/C8H15NO2S/c9-8(12)3-5-10-6-7-2-1-4-11-7/h7H,1-6H2,(H2,9,12). The molecule has 1 atom stereocenters. The summed E-state index contributed by atoms with van der Waals surface area (Å²) >= 11 is 4.71. The summed E-state index contributed by atoms with van der Waals surface area (Å²) in [4.78, 5) is 0.516. The van der Waals surface area contributed by atoms with Crippen molar-refractivity contribution in [3.8, 4) is 0 Å². The Morgan fingerprint density at radius 3 is 3.08 bits per heavy atom. The lowest BCUT2D eigenvalue weighted by Gasteiger charge is -2.09. The number of thiocarbonyl (C=S) groups is 1. The molecule has 0 aromatic carbocycles. The number of rotatable bonds is 5. The highest BCUT2D eigenvalue weighted by Gasteiger charge is 2.14. The third kappa shape index (κ3) is 3.99. The molecule has 0 saturated carbocycles. The lowest BCUT2D eigenvalue weighted by Crippen LogP contribution is -2.17. The summed E-state index contributed by atoms with van der Waals surface area (Å²) in [5, 5.41) is 0. The van der Waals surface area contributed by atoms with Gasteiger partial charge in [-0.1, -0.05) is 12.2 Å². The fourth-order valence-corrected chi connectivity index (χ4v) is 1.25. The van der Waals surface area contributed by atoms with Gasteiger partial charge in [-0.05, 0) is 12.8 Å². The van der Waals surface area contributed by atoms with Gasteiger partial charge in [-0.3, -0.25) is 0 Å². The van der Waals surface area contributed by atoms with Gasteiger partial charge in [0.25, 0.3) is 0 Å². The van der Waals surface area contributed by atoms with Gasteiger partial charge in [0, 0.05) is 13.0 Å². The van der Waals surface area contributed by atoms with Crippen molar-refractivity contribution in [2.75, 3.05) is 19.8 Å². The topological polar surface area (TPSA) is 44.5 Å². The van der Waals surface area contributed by atoms with E-state index in [1.165, 1.54) is 0 Å². The lowest BCUT2D eigenvalue weighted by atomic mass is 10.2. The minimum Gasteiger partial charge on any atom is -0.393 e. The molecule has 0 spiro atoms. The molecule has 1 rings (SSSR count). The maximum absolute atomic E-state index is 5.37. The first-order valence-corrected chi connectivity index (χ1v) is 4.67. The van der Waals surface area contributed by atoms with Crippen molar-refractivity contribution in [3.05, 3.63) is 0 Å². The van der Waals surface area contributed by atoms with Crippen molar-refractivity contribution >= 4 is 17.2 Å². The molecule has 1 heterocycles. The smallest absolute Gasteiger partial charge is 0.0809 e. The molecule has 4 heteroatoms. The summed E-state index contributed by atoms with van der Waals surface area (Å²) < 4.78 is 10.7. The van der Waals surface area contributed by atoms with E-state index in [9.17, 15) is 0 Å². The number of hydrogen-bond donors (Lipinski definition) is 1. The Bertz CT molecular complexity index is 146. The summed E-state index contributed by atoms with van der Waals surface area (Å²) in [5.74, 6) is 0. The molecule has 1 saturated heterocycles. The number of nitrogens with two attached hydrogens (primary N) is 1. The molecule has 1 aliphatic rings. The van der Waals surface area contributed by atoms with Crippen molar-refractivity contribution in [2.24, 2.45) is 5.73 Å². The van der Waals surface area contributed by atoms with Crippen LogP contribution in [-0.4, -0.2) is 30.9 Å². The summed E-state index contributed by atoms with van der Waals surface area (Å²) in [6.07, 6.45) is 3.25. The van der Waals surface area contributed by atoms with E-state index in [0.29, 0.717) is 30.7 Å². The van der Waals surface area contributed by atoms with E-state index in [4.69, 9.17) is 27.4 Å². The van der Waals surface area contributed by atoms with Crippen LogP contribution in [0.5, 0.6) is 0 Å². The molecule has 3 nitrogen and oxygen atoms in total. The predicted octanol–water partition coefficient (Wildman–Crippen LogP) is 0.858. The van der Waals surface area contributed by atoms with Crippen molar-refractivity contribution in [2.45, 2.75) is 25.4 Å². The maximum atomic E-state index is 5.37. The minimum atomic E-state index is 0.302. The van der Waals surface area contributed by atoms with Gasteiger partial charge in [-0.25, -0.2) is 0 Å². The van der Waals surface area contributed by atoms with E-state index >= 15 is 0 Å². The van der Waals surface area contributed by atoms with Crippen LogP contribution in [-0.2, 0) is 9.47 Å². The van der Waals surface area contributed by atoms with E-state index in [1.54, 1.807) is 0 Å². The summed E-state index contributed by atoms with van der Waals surface area (Å²) in [6.45, 7) is 2.18. The van der Waals surface area contributed by atoms with Gasteiger partial charge >= 0.3 is 0 Å². The van der Waals surface area contributed by atoms with Crippen LogP contribution in [0.3, 0.4) is 0 Å². The molecule has 1 unspecified atom stereocenters. The van der Waals surface area contributed by atoms with Crippen LogP contribution in [0.15, 0.2) is 0 Å². The Balaban J connectivity index is 1.91. The van der Waals surface area contributed by atoms with E-state index in [1.807, 2.05) is 0 Å². The van der Waals surface area contributed by atoms with Gasteiger partial charge < -0.3 is 15.2 Å². The highest BCUT2D eigenvalue weighted by Crippen LogP contribution is 2.11. The first kappa shape index (κ1) is 9.89. The second-order valence-electron chi connectivity index (χ2n) is 2.93. The van der Waals surface area contributed by atoms with Gasteiger partial charge in [0.2, 0.25) is 0 Å². The van der Waals surface area contributed by atoms with E-state index in [-0.39, 0.29) is 0 Å². The van der Waals surface area contributed by atoms with Crippen molar-refractivity contribution in [3.63, 3.8) is 0 Å². The van der Waals surface area contributed by atoms with E-state index in [2.05, 4.69) is 0 Å². The molecule has 70 valence electrons. The van der Waals surface area contributed by atoms with Crippen LogP contribution in [0.4, 0.5) is 0 Å². The zero-order chi connectivity index (χ0) is 8.81. The molecule has 1 fully saturated rings. The lowest BCUT2D eigenvalue weighted by molar-refractivity contribution is 0.0196. The van der Waals surface area contributed by atoms with Gasteiger partial charge in [0.1, 0.15) is 0 Å². The molecule has 0 bridgehead atoms. The van der Waals surface area contributed by atoms with Crippen LogP contribution < -0.4 is 5.73 Å².